The van der Waals surface area contributed by atoms with Crippen LogP contribution in [0.2, 0.25) is 5.02 Å². The summed E-state index contributed by atoms with van der Waals surface area (Å²) >= 11 is 6.03. The molecule has 4 aliphatic carbocycles. The van der Waals surface area contributed by atoms with E-state index in [1.165, 1.54) is 12.2 Å². The first-order chi connectivity index (χ1) is 19.2. The Bertz CT molecular complexity index is 1350. The molecule has 0 spiro atoms. The van der Waals surface area contributed by atoms with Crippen LogP contribution >= 0.6 is 11.6 Å². The van der Waals surface area contributed by atoms with Gasteiger partial charge in [-0.05, 0) is 73.4 Å². The predicted octanol–water partition coefficient (Wildman–Crippen LogP) is 4.65. The Morgan fingerprint density at radius 3 is 2.61 bits per heavy atom. The van der Waals surface area contributed by atoms with Crippen LogP contribution in [-0.2, 0) is 21.0 Å². The number of allylic oxidation sites excluding steroid dienone is 4. The summed E-state index contributed by atoms with van der Waals surface area (Å²) < 4.78 is 33.4. The fourth-order valence-electron chi connectivity index (χ4n) is 8.62. The second-order valence-corrected chi connectivity index (χ2v) is 13.0. The zero-order valence-corrected chi connectivity index (χ0v) is 24.4. The van der Waals surface area contributed by atoms with Crippen LogP contribution in [-0.4, -0.2) is 59.0 Å². The number of halogens is 3. The van der Waals surface area contributed by atoms with Gasteiger partial charge in [0.1, 0.15) is 12.7 Å². The lowest BCUT2D eigenvalue weighted by molar-refractivity contribution is -0.295. The van der Waals surface area contributed by atoms with E-state index in [0.717, 1.165) is 11.6 Å². The Kier molecular flexibility index (Phi) is 7.47. The molecule has 2 N–H and O–H groups in total. The van der Waals surface area contributed by atoms with Gasteiger partial charge in [-0.15, -0.1) is 0 Å². The molecular formula is C31H36ClF2N3O4. The van der Waals surface area contributed by atoms with Gasteiger partial charge >= 0.3 is 0 Å². The van der Waals surface area contributed by atoms with Crippen LogP contribution in [0.1, 0.15) is 45.6 Å². The molecule has 0 bridgehead atoms. The summed E-state index contributed by atoms with van der Waals surface area (Å²) in [6.45, 7) is 5.25. The fourth-order valence-corrected chi connectivity index (χ4v) is 8.75. The number of rotatable bonds is 6. The minimum Gasteiger partial charge on any atom is -0.390 e. The van der Waals surface area contributed by atoms with Gasteiger partial charge in [-0.1, -0.05) is 43.7 Å². The molecule has 0 saturated heterocycles. The van der Waals surface area contributed by atoms with E-state index < -0.39 is 63.8 Å². The molecule has 1 amide bonds. The minimum atomic E-state index is -2.27. The van der Waals surface area contributed by atoms with E-state index in [0.29, 0.717) is 18.0 Å². The highest BCUT2D eigenvalue weighted by atomic mass is 35.5. The lowest BCUT2D eigenvalue weighted by Gasteiger charge is -2.63. The first-order valence-electron chi connectivity index (χ1n) is 14.0. The number of alkyl halides is 2. The van der Waals surface area contributed by atoms with E-state index in [1.807, 2.05) is 32.0 Å². The fraction of sp³-hybridized carbons (Fsp3) is 0.581. The van der Waals surface area contributed by atoms with Crippen molar-refractivity contribution >= 4 is 23.3 Å². The number of carbonyl (C=O) groups is 2. The number of carbonyl (C=O) groups excluding carboxylic acids is 2. The van der Waals surface area contributed by atoms with Crippen molar-refractivity contribution in [3.8, 4) is 6.07 Å². The molecule has 4 aliphatic rings. The van der Waals surface area contributed by atoms with Crippen molar-refractivity contribution in [2.24, 2.45) is 28.6 Å². The number of aliphatic hydroxyl groups excluding tert-OH is 1. The number of nitrogens with zero attached hydrogens (tertiary/aromatic N) is 2. The topological polar surface area (TPSA) is 103 Å². The van der Waals surface area contributed by atoms with Crippen LogP contribution in [0.3, 0.4) is 0 Å². The summed E-state index contributed by atoms with van der Waals surface area (Å²) in [5, 5.41) is 25.7. The van der Waals surface area contributed by atoms with Crippen molar-refractivity contribution in [2.45, 2.75) is 70.1 Å². The van der Waals surface area contributed by atoms with Gasteiger partial charge in [0.25, 0.3) is 5.91 Å². The zero-order valence-electron chi connectivity index (χ0n) is 23.7. The molecule has 0 radical (unpaired) electrons. The molecule has 3 fully saturated rings. The van der Waals surface area contributed by atoms with Crippen LogP contribution in [0.5, 0.6) is 0 Å². The maximum absolute atomic E-state index is 17.6. The van der Waals surface area contributed by atoms with Gasteiger partial charge < -0.3 is 10.4 Å². The van der Waals surface area contributed by atoms with Gasteiger partial charge in [0, 0.05) is 35.4 Å². The van der Waals surface area contributed by atoms with Crippen molar-refractivity contribution < 1.29 is 28.3 Å². The molecule has 0 unspecified atom stereocenters. The number of aliphatic hydroxyl groups is 1. The van der Waals surface area contributed by atoms with Gasteiger partial charge in [-0.2, -0.15) is 10.3 Å². The first kappa shape index (κ1) is 29.8. The van der Waals surface area contributed by atoms with Crippen molar-refractivity contribution in [3.05, 3.63) is 58.7 Å². The number of amides is 1. The van der Waals surface area contributed by atoms with E-state index in [1.54, 1.807) is 31.2 Å². The molecule has 41 heavy (non-hydrogen) atoms. The largest absolute Gasteiger partial charge is 0.390 e. The van der Waals surface area contributed by atoms with Crippen molar-refractivity contribution in [3.63, 3.8) is 0 Å². The molecule has 5 rings (SSSR count). The molecule has 7 nitrogen and oxygen atoms in total. The quantitative estimate of drug-likeness (QED) is 0.371. The highest BCUT2D eigenvalue weighted by Crippen LogP contribution is 2.71. The summed E-state index contributed by atoms with van der Waals surface area (Å²) in [7, 11) is 1.69. The average molecular weight is 588 g/mol. The van der Waals surface area contributed by atoms with Crippen LogP contribution in [0.4, 0.5) is 8.78 Å². The third kappa shape index (κ3) is 4.21. The highest BCUT2D eigenvalue weighted by molar-refractivity contribution is 6.30. The Hall–Kier alpha value is -2.64. The summed E-state index contributed by atoms with van der Waals surface area (Å²) in [6, 6.07) is 9.11. The normalized spacial score (nSPS) is 41.2. The van der Waals surface area contributed by atoms with Gasteiger partial charge in [0.05, 0.1) is 12.2 Å². The second kappa shape index (κ2) is 10.3. The van der Waals surface area contributed by atoms with Gasteiger partial charge in [-0.3, -0.25) is 14.4 Å². The molecule has 1 aromatic rings. The van der Waals surface area contributed by atoms with E-state index in [4.69, 9.17) is 16.4 Å². The van der Waals surface area contributed by atoms with Crippen LogP contribution in [0, 0.1) is 39.9 Å². The minimum absolute atomic E-state index is 0.0504. The summed E-state index contributed by atoms with van der Waals surface area (Å²) in [5.74, 6) is -2.89. The monoisotopic (exact) mass is 587 g/mol. The number of hydroxylamine groups is 2. The number of nitrogens with one attached hydrogen (secondary N) is 1. The van der Waals surface area contributed by atoms with Crippen molar-refractivity contribution in [1.29, 1.82) is 5.26 Å². The van der Waals surface area contributed by atoms with Gasteiger partial charge in [0.2, 0.25) is 0 Å². The molecule has 220 valence electrons. The number of hydrogen-bond donors (Lipinski definition) is 2. The Morgan fingerprint density at radius 1 is 1.27 bits per heavy atom. The van der Waals surface area contributed by atoms with E-state index in [2.05, 4.69) is 5.32 Å². The predicted molar refractivity (Wildman–Crippen MR) is 149 cm³/mol. The van der Waals surface area contributed by atoms with E-state index >= 15 is 8.78 Å². The maximum Gasteiger partial charge on any atom is 0.256 e. The Labute approximate surface area is 244 Å². The lowest BCUT2D eigenvalue weighted by Crippen LogP contribution is -2.72. The number of hydrogen-bond acceptors (Lipinski definition) is 6. The van der Waals surface area contributed by atoms with E-state index in [9.17, 15) is 20.0 Å². The van der Waals surface area contributed by atoms with E-state index in [-0.39, 0.29) is 25.0 Å². The second-order valence-electron chi connectivity index (χ2n) is 12.6. The molecule has 3 saturated carbocycles. The SMILES string of the molecule is C[C@@H]1C[C@H]2[C@@H]3C[C@H](F)C4=CC(=O)C=C[C@]4(C)[C@@]3(F)[C@@H](O)C[C@]2(C)[C@@]1(ON(C)Cc1ccc(Cl)cc1)C(=O)NCC#N. The van der Waals surface area contributed by atoms with Gasteiger partial charge in [-0.25, -0.2) is 8.78 Å². The molecule has 9 atom stereocenters. The Morgan fingerprint density at radius 2 is 1.95 bits per heavy atom. The third-order valence-electron chi connectivity index (χ3n) is 10.5. The lowest BCUT2D eigenvalue weighted by atomic mass is 9.44. The zero-order chi connectivity index (χ0) is 30.0. The third-order valence-corrected chi connectivity index (χ3v) is 10.7. The number of nitriles is 1. The summed E-state index contributed by atoms with van der Waals surface area (Å²) in [4.78, 5) is 32.7. The number of fused-ring (bicyclic) bond motifs is 5. The Balaban J connectivity index is 1.57. The molecular weight excluding hydrogens is 552 g/mol. The molecule has 0 aromatic heterocycles. The smallest absolute Gasteiger partial charge is 0.256 e. The van der Waals surface area contributed by atoms with Crippen molar-refractivity contribution in [2.75, 3.05) is 13.6 Å². The highest BCUT2D eigenvalue weighted by Gasteiger charge is 2.78. The summed E-state index contributed by atoms with van der Waals surface area (Å²) in [5.41, 5.74) is -5.56. The van der Waals surface area contributed by atoms with Gasteiger partial charge in [0.15, 0.2) is 17.1 Å². The number of benzene rings is 1. The molecule has 10 heteroatoms. The molecule has 0 aliphatic heterocycles. The first-order valence-corrected chi connectivity index (χ1v) is 14.4. The van der Waals surface area contributed by atoms with Crippen LogP contribution in [0.15, 0.2) is 48.1 Å². The standard InChI is InChI=1S/C31H36ClF2N3O4/c1-18-13-22-23-15-25(33)24-14-21(38)9-10-28(24,2)30(23,34)26(39)16-29(22,3)31(18,27(40)36-12-11-35)41-37(4)17-19-5-7-20(32)8-6-19/h5-10,14,18,22-23,25-26,39H,12-13,15-17H2,1-4H3,(H,36,40)/t18-,22+,23+,25+,26+,28+,29+,30+,31+/m1/s1. The molecule has 0 heterocycles. The van der Waals surface area contributed by atoms with Crippen molar-refractivity contribution in [1.82, 2.24) is 10.4 Å². The number of ketones is 1. The summed E-state index contributed by atoms with van der Waals surface area (Å²) in [6.07, 6.45) is 0.635. The average Bonchev–Trinajstić information content (AvgIpc) is 3.13. The molecule has 1 aromatic carbocycles. The van der Waals surface area contributed by atoms with Crippen LogP contribution < -0.4 is 5.32 Å². The van der Waals surface area contributed by atoms with Crippen LogP contribution in [0.25, 0.3) is 0 Å². The maximum atomic E-state index is 17.6.